The second kappa shape index (κ2) is 9.04. The number of alkyl halides is 1. The van der Waals surface area contributed by atoms with E-state index < -0.39 is 0 Å². The van der Waals surface area contributed by atoms with Crippen LogP contribution in [0.3, 0.4) is 0 Å². The Morgan fingerprint density at radius 2 is 1.71 bits per heavy atom. The summed E-state index contributed by atoms with van der Waals surface area (Å²) in [5.74, 6) is 0. The zero-order chi connectivity index (χ0) is 14.9. The van der Waals surface area contributed by atoms with E-state index in [1.165, 1.54) is 43.9 Å². The van der Waals surface area contributed by atoms with Gasteiger partial charge in [-0.05, 0) is 18.6 Å². The first-order valence-corrected chi connectivity index (χ1v) is 8.72. The highest BCUT2D eigenvalue weighted by Gasteiger charge is 2.07. The second-order valence-electron chi connectivity index (χ2n) is 5.85. The minimum Gasteiger partial charge on any atom is -0.253 e. The van der Waals surface area contributed by atoms with Gasteiger partial charge in [-0.25, -0.2) is 0 Å². The molecule has 0 spiro atoms. The third kappa shape index (κ3) is 5.67. The molecule has 0 aliphatic heterocycles. The zero-order valence-corrected chi connectivity index (χ0v) is 13.8. The van der Waals surface area contributed by atoms with E-state index in [0.717, 1.165) is 24.1 Å². The van der Waals surface area contributed by atoms with Gasteiger partial charge in [-0.2, -0.15) is 0 Å². The quantitative estimate of drug-likeness (QED) is 0.401. The molecule has 0 saturated heterocycles. The van der Waals surface area contributed by atoms with E-state index in [4.69, 9.17) is 16.6 Å². The maximum absolute atomic E-state index is 6.47. The largest absolute Gasteiger partial charge is 0.253 e. The smallest absolute Gasteiger partial charge is 0.0705 e. The van der Waals surface area contributed by atoms with E-state index in [1.807, 2.05) is 12.1 Å². The summed E-state index contributed by atoms with van der Waals surface area (Å²) in [7, 11) is 0. The van der Waals surface area contributed by atoms with E-state index in [1.54, 1.807) is 0 Å². The fourth-order valence-corrected chi connectivity index (χ4v) is 3.01. The number of pyridine rings is 1. The first-order chi connectivity index (χ1) is 10.3. The van der Waals surface area contributed by atoms with E-state index >= 15 is 0 Å². The van der Waals surface area contributed by atoms with E-state index in [2.05, 4.69) is 31.2 Å². The average molecular weight is 304 g/mol. The molecule has 1 aromatic carbocycles. The number of hydrogen-bond donors (Lipinski definition) is 0. The number of para-hydroxylation sites is 1. The van der Waals surface area contributed by atoms with Gasteiger partial charge in [0.25, 0.3) is 0 Å². The maximum Gasteiger partial charge on any atom is 0.0705 e. The van der Waals surface area contributed by atoms with Crippen molar-refractivity contribution in [3.8, 4) is 0 Å². The lowest BCUT2D eigenvalue weighted by Crippen LogP contribution is -2.05. The molecule has 2 heteroatoms. The molecule has 1 aromatic heterocycles. The predicted molar refractivity (Wildman–Crippen MR) is 93.1 cm³/mol. The topological polar surface area (TPSA) is 12.9 Å². The SMILES string of the molecule is CCCCCCCCC(Cl)Cc1ccc2ccccc2n1. The Kier molecular flexibility index (Phi) is 7.02. The van der Waals surface area contributed by atoms with Crippen molar-refractivity contribution in [2.45, 2.75) is 63.7 Å². The van der Waals surface area contributed by atoms with Crippen LogP contribution in [0.1, 0.15) is 57.6 Å². The number of aromatic nitrogens is 1. The summed E-state index contributed by atoms with van der Waals surface area (Å²) in [4.78, 5) is 4.70. The van der Waals surface area contributed by atoms with Crippen molar-refractivity contribution in [2.75, 3.05) is 0 Å². The lowest BCUT2D eigenvalue weighted by molar-refractivity contribution is 0.577. The summed E-state index contributed by atoms with van der Waals surface area (Å²) < 4.78 is 0. The number of hydrogen-bond acceptors (Lipinski definition) is 1. The third-order valence-electron chi connectivity index (χ3n) is 3.96. The van der Waals surface area contributed by atoms with Crippen molar-refractivity contribution in [3.05, 3.63) is 42.1 Å². The Hall–Kier alpha value is -1.08. The molecule has 21 heavy (non-hydrogen) atoms. The van der Waals surface area contributed by atoms with Crippen molar-refractivity contribution < 1.29 is 0 Å². The van der Waals surface area contributed by atoms with Gasteiger partial charge in [-0.1, -0.05) is 69.7 Å². The Bertz CT molecular complexity index is 538. The number of nitrogens with zero attached hydrogens (tertiary/aromatic N) is 1. The number of rotatable bonds is 9. The lowest BCUT2D eigenvalue weighted by Gasteiger charge is -2.09. The number of halogens is 1. The van der Waals surface area contributed by atoms with Gasteiger partial charge in [0.15, 0.2) is 0 Å². The summed E-state index contributed by atoms with van der Waals surface area (Å²) in [6, 6.07) is 12.5. The monoisotopic (exact) mass is 303 g/mol. The van der Waals surface area contributed by atoms with Gasteiger partial charge < -0.3 is 0 Å². The van der Waals surface area contributed by atoms with Crippen LogP contribution in [0.5, 0.6) is 0 Å². The molecule has 1 heterocycles. The fraction of sp³-hybridized carbons (Fsp3) is 0.526. The van der Waals surface area contributed by atoms with Crippen molar-refractivity contribution in [1.29, 1.82) is 0 Å². The molecule has 0 bridgehead atoms. The van der Waals surface area contributed by atoms with Crippen LogP contribution in [-0.4, -0.2) is 10.4 Å². The van der Waals surface area contributed by atoms with Crippen LogP contribution < -0.4 is 0 Å². The maximum atomic E-state index is 6.47. The highest BCUT2D eigenvalue weighted by molar-refractivity contribution is 6.20. The molecule has 1 nitrogen and oxygen atoms in total. The van der Waals surface area contributed by atoms with Gasteiger partial charge in [-0.15, -0.1) is 11.6 Å². The number of benzene rings is 1. The molecule has 0 N–H and O–H groups in total. The van der Waals surface area contributed by atoms with Gasteiger partial charge in [0.2, 0.25) is 0 Å². The summed E-state index contributed by atoms with van der Waals surface area (Å²) in [6.45, 7) is 2.26. The van der Waals surface area contributed by atoms with Crippen LogP contribution in [0.25, 0.3) is 10.9 Å². The van der Waals surface area contributed by atoms with Crippen molar-refractivity contribution in [1.82, 2.24) is 4.98 Å². The molecule has 1 atom stereocenters. The standard InChI is InChI=1S/C19H26ClN/c1-2-3-4-5-6-7-11-17(20)15-18-14-13-16-10-8-9-12-19(16)21-18/h8-10,12-14,17H,2-7,11,15H2,1H3. The van der Waals surface area contributed by atoms with Gasteiger partial charge in [0, 0.05) is 22.9 Å². The third-order valence-corrected chi connectivity index (χ3v) is 4.33. The summed E-state index contributed by atoms with van der Waals surface area (Å²) in [5, 5.41) is 1.41. The minimum absolute atomic E-state index is 0.213. The molecule has 0 saturated carbocycles. The molecule has 2 rings (SSSR count). The van der Waals surface area contributed by atoms with Crippen molar-refractivity contribution >= 4 is 22.5 Å². The summed E-state index contributed by atoms with van der Waals surface area (Å²) in [6.07, 6.45) is 9.93. The summed E-state index contributed by atoms with van der Waals surface area (Å²) in [5.41, 5.74) is 2.18. The van der Waals surface area contributed by atoms with Gasteiger partial charge in [0.05, 0.1) is 5.52 Å². The van der Waals surface area contributed by atoms with E-state index in [9.17, 15) is 0 Å². The van der Waals surface area contributed by atoms with Crippen LogP contribution in [0.2, 0.25) is 0 Å². The van der Waals surface area contributed by atoms with E-state index in [0.29, 0.717) is 0 Å². The molecule has 0 fully saturated rings. The molecule has 114 valence electrons. The minimum atomic E-state index is 0.213. The highest BCUT2D eigenvalue weighted by atomic mass is 35.5. The van der Waals surface area contributed by atoms with Crippen LogP contribution >= 0.6 is 11.6 Å². The Balaban J connectivity index is 1.74. The molecule has 2 aromatic rings. The molecular formula is C19H26ClN. The Morgan fingerprint density at radius 1 is 0.952 bits per heavy atom. The normalized spacial score (nSPS) is 12.7. The van der Waals surface area contributed by atoms with Crippen molar-refractivity contribution in [3.63, 3.8) is 0 Å². The van der Waals surface area contributed by atoms with Gasteiger partial charge >= 0.3 is 0 Å². The number of fused-ring (bicyclic) bond motifs is 1. The van der Waals surface area contributed by atoms with Crippen LogP contribution in [0.15, 0.2) is 36.4 Å². The van der Waals surface area contributed by atoms with Gasteiger partial charge in [0.1, 0.15) is 0 Å². The average Bonchev–Trinajstić information content (AvgIpc) is 2.50. The van der Waals surface area contributed by atoms with Crippen LogP contribution in [0, 0.1) is 0 Å². The van der Waals surface area contributed by atoms with E-state index in [-0.39, 0.29) is 5.38 Å². The predicted octanol–water partition coefficient (Wildman–Crippen LogP) is 6.14. The molecule has 0 aliphatic carbocycles. The van der Waals surface area contributed by atoms with Crippen LogP contribution in [-0.2, 0) is 6.42 Å². The van der Waals surface area contributed by atoms with Gasteiger partial charge in [-0.3, -0.25) is 4.98 Å². The number of unbranched alkanes of at least 4 members (excludes halogenated alkanes) is 5. The molecule has 0 amide bonds. The Morgan fingerprint density at radius 3 is 2.57 bits per heavy atom. The van der Waals surface area contributed by atoms with Crippen LogP contribution in [0.4, 0.5) is 0 Å². The molecule has 1 unspecified atom stereocenters. The zero-order valence-electron chi connectivity index (χ0n) is 13.0. The highest BCUT2D eigenvalue weighted by Crippen LogP contribution is 2.17. The fourth-order valence-electron chi connectivity index (χ4n) is 2.70. The summed E-state index contributed by atoms with van der Waals surface area (Å²) >= 11 is 6.47. The first-order valence-electron chi connectivity index (χ1n) is 8.28. The lowest BCUT2D eigenvalue weighted by atomic mass is 10.1. The Labute approximate surface area is 133 Å². The molecule has 0 radical (unpaired) electrons. The second-order valence-corrected chi connectivity index (χ2v) is 6.47. The first kappa shape index (κ1) is 16.3. The molecule has 0 aliphatic rings. The van der Waals surface area contributed by atoms with Crippen molar-refractivity contribution in [2.24, 2.45) is 0 Å². The molecular weight excluding hydrogens is 278 g/mol.